The molecule has 10 heteroatoms. The Labute approximate surface area is 157 Å². The Morgan fingerprint density at radius 3 is 2.65 bits per heavy atom. The second-order valence-corrected chi connectivity index (χ2v) is 8.13. The van der Waals surface area contributed by atoms with E-state index < -0.39 is 18.6 Å². The summed E-state index contributed by atoms with van der Waals surface area (Å²) in [6.07, 6.45) is -2.24. The third-order valence-electron chi connectivity index (χ3n) is 3.57. The molecule has 0 spiro atoms. The van der Waals surface area contributed by atoms with Gasteiger partial charge in [-0.05, 0) is 18.4 Å². The number of nitrogens with zero attached hydrogens (tertiary/aromatic N) is 3. The summed E-state index contributed by atoms with van der Waals surface area (Å²) in [5.41, 5.74) is 0.655. The monoisotopic (exact) mass is 402 g/mol. The molecular formula is C16H17F3N4OS2. The van der Waals surface area contributed by atoms with Crippen LogP contribution in [0.3, 0.4) is 0 Å². The maximum absolute atomic E-state index is 12.8. The van der Waals surface area contributed by atoms with Crippen molar-refractivity contribution in [2.24, 2.45) is 0 Å². The van der Waals surface area contributed by atoms with Gasteiger partial charge in [-0.1, -0.05) is 53.4 Å². The van der Waals surface area contributed by atoms with Gasteiger partial charge in [0.1, 0.15) is 6.54 Å². The number of hydrogen-bond acceptors (Lipinski definition) is 6. The molecule has 2 aromatic rings. The Morgan fingerprint density at radius 1 is 1.27 bits per heavy atom. The van der Waals surface area contributed by atoms with Crippen LogP contribution in [-0.2, 0) is 11.3 Å². The van der Waals surface area contributed by atoms with Crippen LogP contribution in [0.25, 0.3) is 0 Å². The number of benzene rings is 1. The number of nitrogens with one attached hydrogen (secondary N) is 1. The van der Waals surface area contributed by atoms with Gasteiger partial charge in [-0.2, -0.15) is 13.2 Å². The summed E-state index contributed by atoms with van der Waals surface area (Å²) in [4.78, 5) is 13.2. The molecule has 0 unspecified atom stereocenters. The maximum atomic E-state index is 12.8. The van der Waals surface area contributed by atoms with Gasteiger partial charge in [0.2, 0.25) is 11.0 Å². The molecule has 1 aliphatic carbocycles. The molecule has 0 saturated heterocycles. The third-order valence-corrected chi connectivity index (χ3v) is 5.54. The van der Waals surface area contributed by atoms with Crippen LogP contribution < -0.4 is 5.32 Å². The maximum Gasteiger partial charge on any atom is 0.406 e. The Kier molecular flexibility index (Phi) is 6.02. The Balaban J connectivity index is 1.57. The van der Waals surface area contributed by atoms with Gasteiger partial charge < -0.3 is 10.2 Å². The van der Waals surface area contributed by atoms with E-state index in [-0.39, 0.29) is 12.3 Å². The Bertz CT molecular complexity index is 735. The lowest BCUT2D eigenvalue weighted by Crippen LogP contribution is -2.39. The smallest absolute Gasteiger partial charge is 0.357 e. The average molecular weight is 402 g/mol. The summed E-state index contributed by atoms with van der Waals surface area (Å²) in [5.74, 6) is -0.691. The summed E-state index contributed by atoms with van der Waals surface area (Å²) in [7, 11) is 0. The lowest BCUT2D eigenvalue weighted by Gasteiger charge is -2.23. The minimum atomic E-state index is -4.45. The van der Waals surface area contributed by atoms with E-state index in [2.05, 4.69) is 15.5 Å². The van der Waals surface area contributed by atoms with Crippen molar-refractivity contribution in [3.63, 3.8) is 0 Å². The van der Waals surface area contributed by atoms with Crippen molar-refractivity contribution in [2.45, 2.75) is 35.9 Å². The predicted molar refractivity (Wildman–Crippen MR) is 95.2 cm³/mol. The van der Waals surface area contributed by atoms with Crippen molar-refractivity contribution in [2.75, 3.05) is 17.6 Å². The summed E-state index contributed by atoms with van der Waals surface area (Å²) >= 11 is 2.42. The molecule has 1 saturated carbocycles. The van der Waals surface area contributed by atoms with E-state index in [1.807, 2.05) is 0 Å². The number of anilines is 1. The number of halogens is 3. The topological polar surface area (TPSA) is 58.1 Å². The van der Waals surface area contributed by atoms with Crippen LogP contribution in [0.2, 0.25) is 0 Å². The normalized spacial score (nSPS) is 14.3. The van der Waals surface area contributed by atoms with Gasteiger partial charge in [0.05, 0.1) is 5.75 Å². The van der Waals surface area contributed by atoms with E-state index >= 15 is 0 Å². The Hall–Kier alpha value is -1.81. The van der Waals surface area contributed by atoms with E-state index in [0.717, 1.165) is 29.5 Å². The Morgan fingerprint density at radius 2 is 2.00 bits per heavy atom. The van der Waals surface area contributed by atoms with Crippen LogP contribution in [0, 0.1) is 0 Å². The first-order valence-corrected chi connectivity index (χ1v) is 9.80. The number of carbonyl (C=O) groups excluding carboxylic acids is 1. The molecule has 3 rings (SSSR count). The fourth-order valence-corrected chi connectivity index (χ4v) is 3.93. The molecule has 0 atom stereocenters. The van der Waals surface area contributed by atoms with Crippen LogP contribution >= 0.6 is 23.1 Å². The zero-order valence-electron chi connectivity index (χ0n) is 13.7. The summed E-state index contributed by atoms with van der Waals surface area (Å²) < 4.78 is 39.1. The first kappa shape index (κ1) is 19.0. The largest absolute Gasteiger partial charge is 0.406 e. The van der Waals surface area contributed by atoms with Crippen molar-refractivity contribution < 1.29 is 18.0 Å². The van der Waals surface area contributed by atoms with Gasteiger partial charge in [-0.3, -0.25) is 4.79 Å². The second kappa shape index (κ2) is 8.26. The highest BCUT2D eigenvalue weighted by atomic mass is 32.2. The highest BCUT2D eigenvalue weighted by Crippen LogP contribution is 2.30. The number of rotatable bonds is 8. The molecule has 0 aliphatic heterocycles. The number of thioether (sulfide) groups is 1. The molecule has 0 radical (unpaired) electrons. The average Bonchev–Trinajstić information content (AvgIpc) is 3.28. The van der Waals surface area contributed by atoms with Crippen LogP contribution in [0.1, 0.15) is 18.4 Å². The highest BCUT2D eigenvalue weighted by molar-refractivity contribution is 8.01. The van der Waals surface area contributed by atoms with Crippen LogP contribution in [0.5, 0.6) is 0 Å². The number of carbonyl (C=O) groups is 1. The van der Waals surface area contributed by atoms with Gasteiger partial charge in [-0.25, -0.2) is 0 Å². The van der Waals surface area contributed by atoms with Crippen LogP contribution in [-0.4, -0.2) is 45.5 Å². The number of aromatic nitrogens is 2. The fourth-order valence-electron chi connectivity index (χ4n) is 2.20. The number of amides is 1. The lowest BCUT2D eigenvalue weighted by atomic mass is 10.2. The molecule has 1 N–H and O–H groups in total. The standard InChI is InChI=1S/C16H17F3N4OS2/c17-16(18,19)10-23(8-11-4-2-1-3-5-11)13(24)9-25-15-22-21-14(26-15)20-12-6-7-12/h1-5,12H,6-10H2,(H,20,21). The van der Waals surface area contributed by atoms with Crippen molar-refractivity contribution >= 4 is 34.1 Å². The first-order chi connectivity index (χ1) is 12.4. The van der Waals surface area contributed by atoms with E-state index in [4.69, 9.17) is 0 Å². The first-order valence-electron chi connectivity index (χ1n) is 8.00. The van der Waals surface area contributed by atoms with Crippen LogP contribution in [0.4, 0.5) is 18.3 Å². The number of hydrogen-bond donors (Lipinski definition) is 1. The van der Waals surface area contributed by atoms with Crippen molar-refractivity contribution in [3.05, 3.63) is 35.9 Å². The third kappa shape index (κ3) is 6.17. The fraction of sp³-hybridized carbons (Fsp3) is 0.438. The predicted octanol–water partition coefficient (Wildman–Crippen LogP) is 3.80. The van der Waals surface area contributed by atoms with E-state index in [9.17, 15) is 18.0 Å². The molecule has 1 aromatic carbocycles. The van der Waals surface area contributed by atoms with Gasteiger partial charge in [0.15, 0.2) is 4.34 Å². The number of alkyl halides is 3. The van der Waals surface area contributed by atoms with E-state index in [1.165, 1.54) is 11.3 Å². The summed E-state index contributed by atoms with van der Waals surface area (Å²) in [5, 5.41) is 11.8. The van der Waals surface area contributed by atoms with E-state index in [1.54, 1.807) is 30.3 Å². The van der Waals surface area contributed by atoms with Crippen molar-refractivity contribution in [1.82, 2.24) is 15.1 Å². The molecule has 1 aromatic heterocycles. The molecule has 1 fully saturated rings. The molecule has 5 nitrogen and oxygen atoms in total. The van der Waals surface area contributed by atoms with Crippen molar-refractivity contribution in [1.29, 1.82) is 0 Å². The zero-order valence-corrected chi connectivity index (χ0v) is 15.3. The van der Waals surface area contributed by atoms with Crippen LogP contribution in [0.15, 0.2) is 34.7 Å². The second-order valence-electron chi connectivity index (χ2n) is 5.93. The van der Waals surface area contributed by atoms with Crippen molar-refractivity contribution in [3.8, 4) is 0 Å². The minimum Gasteiger partial charge on any atom is -0.357 e. The quantitative estimate of drug-likeness (QED) is 0.681. The molecule has 1 aliphatic rings. The van der Waals surface area contributed by atoms with Gasteiger partial charge in [0, 0.05) is 12.6 Å². The molecule has 26 heavy (non-hydrogen) atoms. The molecular weight excluding hydrogens is 385 g/mol. The van der Waals surface area contributed by atoms with Gasteiger partial charge in [-0.15, -0.1) is 10.2 Å². The van der Waals surface area contributed by atoms with E-state index in [0.29, 0.717) is 21.1 Å². The van der Waals surface area contributed by atoms with Gasteiger partial charge >= 0.3 is 6.18 Å². The molecule has 1 heterocycles. The minimum absolute atomic E-state index is 0.0790. The summed E-state index contributed by atoms with van der Waals surface area (Å²) in [6, 6.07) is 9.08. The molecule has 140 valence electrons. The molecule has 1 amide bonds. The zero-order chi connectivity index (χ0) is 18.6. The summed E-state index contributed by atoms with van der Waals surface area (Å²) in [6.45, 7) is -1.35. The lowest BCUT2D eigenvalue weighted by molar-refractivity contribution is -0.160. The SMILES string of the molecule is O=C(CSc1nnc(NC2CC2)s1)N(Cc1ccccc1)CC(F)(F)F. The highest BCUT2D eigenvalue weighted by Gasteiger charge is 2.33. The van der Waals surface area contributed by atoms with Gasteiger partial charge in [0.25, 0.3) is 0 Å². The molecule has 0 bridgehead atoms.